The average molecular weight is 404 g/mol. The zero-order chi connectivity index (χ0) is 19.6. The summed E-state index contributed by atoms with van der Waals surface area (Å²) >= 11 is 0. The Balaban J connectivity index is 1.36. The number of sulfonamides is 1. The van der Waals surface area contributed by atoms with Crippen molar-refractivity contribution in [3.8, 4) is 0 Å². The Morgan fingerprint density at radius 1 is 1.07 bits per heavy atom. The van der Waals surface area contributed by atoms with E-state index in [1.165, 1.54) is 10.4 Å². The number of carbonyl (C=O) groups excluding carboxylic acids is 1. The molecule has 0 saturated carbocycles. The van der Waals surface area contributed by atoms with Crippen molar-refractivity contribution in [1.29, 1.82) is 0 Å². The summed E-state index contributed by atoms with van der Waals surface area (Å²) < 4.78 is 32.8. The van der Waals surface area contributed by atoms with Crippen LogP contribution in [0.1, 0.15) is 31.1 Å². The van der Waals surface area contributed by atoms with E-state index in [0.717, 1.165) is 18.7 Å². The highest BCUT2D eigenvalue weighted by atomic mass is 32.2. The molecule has 9 heteroatoms. The number of amides is 1. The molecule has 3 N–H and O–H groups in total. The van der Waals surface area contributed by atoms with Crippen LogP contribution in [0.15, 0.2) is 52.0 Å². The predicted molar refractivity (Wildman–Crippen MR) is 104 cm³/mol. The van der Waals surface area contributed by atoms with E-state index in [1.54, 1.807) is 6.07 Å². The lowest BCUT2D eigenvalue weighted by Gasteiger charge is -2.29. The molecule has 0 bridgehead atoms. The molecule has 1 amide bonds. The topological polar surface area (TPSA) is 104 Å². The largest absolute Gasteiger partial charge is 0.447 e. The Morgan fingerprint density at radius 2 is 1.82 bits per heavy atom. The number of anilines is 1. The van der Waals surface area contributed by atoms with Crippen LogP contribution in [0.3, 0.4) is 0 Å². The van der Waals surface area contributed by atoms with Crippen molar-refractivity contribution in [2.24, 2.45) is 5.92 Å². The van der Waals surface area contributed by atoms with Gasteiger partial charge >= 0.3 is 0 Å². The number of nitrogens with one attached hydrogen (secondary N) is 3. The molecule has 0 radical (unpaired) electrons. The minimum atomic E-state index is -3.69. The molecule has 0 spiro atoms. The van der Waals surface area contributed by atoms with Gasteiger partial charge in [-0.25, -0.2) is 13.8 Å². The van der Waals surface area contributed by atoms with Crippen LogP contribution < -0.4 is 16.2 Å². The molecule has 3 heterocycles. The zero-order valence-electron chi connectivity index (χ0n) is 15.4. The van der Waals surface area contributed by atoms with E-state index in [4.69, 9.17) is 4.42 Å². The molecule has 2 aromatic rings. The summed E-state index contributed by atoms with van der Waals surface area (Å²) in [5, 5.41) is 2.85. The van der Waals surface area contributed by atoms with E-state index in [2.05, 4.69) is 16.2 Å². The Kier molecular flexibility index (Phi) is 5.49. The van der Waals surface area contributed by atoms with E-state index in [9.17, 15) is 13.2 Å². The second-order valence-corrected chi connectivity index (χ2v) is 8.97. The fourth-order valence-corrected chi connectivity index (χ4v) is 5.00. The van der Waals surface area contributed by atoms with Crippen LogP contribution >= 0.6 is 0 Å². The molecular formula is C19H24N4O4S. The molecule has 1 atom stereocenters. The summed E-state index contributed by atoms with van der Waals surface area (Å²) in [4.78, 5) is 12.4. The van der Waals surface area contributed by atoms with Crippen LogP contribution in [0.5, 0.6) is 0 Å². The molecule has 1 unspecified atom stereocenters. The molecule has 0 aliphatic carbocycles. The zero-order valence-corrected chi connectivity index (χ0v) is 16.2. The van der Waals surface area contributed by atoms with Crippen molar-refractivity contribution in [1.82, 2.24) is 15.2 Å². The summed E-state index contributed by atoms with van der Waals surface area (Å²) in [5.74, 6) is 0.344. The Bertz CT molecular complexity index is 914. The van der Waals surface area contributed by atoms with Gasteiger partial charge in [-0.2, -0.15) is 4.31 Å². The van der Waals surface area contributed by atoms with Gasteiger partial charge in [0.2, 0.25) is 11.0 Å². The first kappa shape index (κ1) is 19.1. The van der Waals surface area contributed by atoms with Gasteiger partial charge in [0.15, 0.2) is 0 Å². The van der Waals surface area contributed by atoms with Gasteiger partial charge in [-0.1, -0.05) is 18.2 Å². The van der Waals surface area contributed by atoms with Crippen molar-refractivity contribution in [3.05, 3.63) is 48.2 Å². The number of furan rings is 1. The molecule has 2 aliphatic heterocycles. The van der Waals surface area contributed by atoms with E-state index in [-0.39, 0.29) is 23.0 Å². The quantitative estimate of drug-likeness (QED) is 0.703. The third kappa shape index (κ3) is 3.97. The highest BCUT2D eigenvalue weighted by molar-refractivity contribution is 7.89. The summed E-state index contributed by atoms with van der Waals surface area (Å²) in [7, 11) is -3.69. The van der Waals surface area contributed by atoms with Gasteiger partial charge in [0.1, 0.15) is 5.76 Å². The number of hydrogen-bond donors (Lipinski definition) is 3. The lowest BCUT2D eigenvalue weighted by Crippen LogP contribution is -2.41. The molecule has 4 rings (SSSR count). The highest BCUT2D eigenvalue weighted by Crippen LogP contribution is 2.28. The Hall–Kier alpha value is -2.20. The van der Waals surface area contributed by atoms with Crippen LogP contribution in [-0.4, -0.2) is 38.3 Å². The molecule has 2 fully saturated rings. The lowest BCUT2D eigenvalue weighted by molar-refractivity contribution is -0.120. The maximum absolute atomic E-state index is 12.9. The van der Waals surface area contributed by atoms with E-state index in [1.807, 2.05) is 30.3 Å². The molecular weight excluding hydrogens is 380 g/mol. The fourth-order valence-electron chi connectivity index (χ4n) is 3.61. The molecule has 2 aliphatic rings. The smallest absolute Gasteiger partial charge is 0.276 e. The van der Waals surface area contributed by atoms with E-state index in [0.29, 0.717) is 31.7 Å². The number of para-hydroxylation sites is 1. The van der Waals surface area contributed by atoms with Gasteiger partial charge in [0.05, 0.1) is 6.04 Å². The molecule has 2 saturated heterocycles. The first-order chi connectivity index (χ1) is 13.5. The van der Waals surface area contributed by atoms with Crippen molar-refractivity contribution >= 4 is 21.6 Å². The maximum Gasteiger partial charge on any atom is 0.276 e. The fraction of sp³-hybridized carbons (Fsp3) is 0.421. The minimum Gasteiger partial charge on any atom is -0.447 e. The van der Waals surface area contributed by atoms with Crippen molar-refractivity contribution in [3.63, 3.8) is 0 Å². The van der Waals surface area contributed by atoms with Crippen LogP contribution in [0.4, 0.5) is 5.69 Å². The van der Waals surface area contributed by atoms with Crippen LogP contribution in [0.25, 0.3) is 0 Å². The Labute approximate surface area is 164 Å². The van der Waals surface area contributed by atoms with Crippen molar-refractivity contribution < 1.29 is 17.6 Å². The van der Waals surface area contributed by atoms with Gasteiger partial charge in [0, 0.05) is 31.2 Å². The lowest BCUT2D eigenvalue weighted by atomic mass is 9.97. The second-order valence-electron chi connectivity index (χ2n) is 7.10. The van der Waals surface area contributed by atoms with Gasteiger partial charge in [0.25, 0.3) is 10.0 Å². The predicted octanol–water partition coefficient (Wildman–Crippen LogP) is 1.86. The van der Waals surface area contributed by atoms with Crippen molar-refractivity contribution in [2.45, 2.75) is 30.4 Å². The van der Waals surface area contributed by atoms with E-state index >= 15 is 0 Å². The number of hydrazine groups is 1. The molecule has 1 aromatic carbocycles. The average Bonchev–Trinajstić information content (AvgIpc) is 3.41. The molecule has 28 heavy (non-hydrogen) atoms. The van der Waals surface area contributed by atoms with Crippen molar-refractivity contribution in [2.75, 3.05) is 25.0 Å². The summed E-state index contributed by atoms with van der Waals surface area (Å²) in [6.45, 7) is 1.41. The number of rotatable bonds is 5. The molecule has 8 nitrogen and oxygen atoms in total. The third-order valence-corrected chi connectivity index (χ3v) is 7.01. The monoisotopic (exact) mass is 404 g/mol. The third-order valence-electron chi connectivity index (χ3n) is 5.24. The van der Waals surface area contributed by atoms with Gasteiger partial charge in [-0.3, -0.25) is 10.2 Å². The second kappa shape index (κ2) is 8.04. The summed E-state index contributed by atoms with van der Waals surface area (Å²) in [6.07, 6.45) is 1.81. The normalized spacial score (nSPS) is 21.6. The van der Waals surface area contributed by atoms with Crippen LogP contribution in [-0.2, 0) is 14.8 Å². The molecule has 150 valence electrons. The number of carbonyl (C=O) groups is 1. The minimum absolute atomic E-state index is 0.0173. The molecule has 1 aromatic heterocycles. The number of benzene rings is 1. The van der Waals surface area contributed by atoms with Crippen LogP contribution in [0.2, 0.25) is 0 Å². The van der Waals surface area contributed by atoms with Crippen LogP contribution in [0, 0.1) is 5.92 Å². The number of piperidine rings is 1. The highest BCUT2D eigenvalue weighted by Gasteiger charge is 2.34. The number of nitrogens with zero attached hydrogens (tertiary/aromatic N) is 1. The SMILES string of the molecule is O=C(Nc1ccccc1)C1CCN(S(=O)(=O)c2ccc(C3CCNN3)o2)CC1. The van der Waals surface area contributed by atoms with E-state index < -0.39 is 10.0 Å². The van der Waals surface area contributed by atoms with Gasteiger partial charge in [-0.05, 0) is 43.5 Å². The van der Waals surface area contributed by atoms with Gasteiger partial charge < -0.3 is 9.73 Å². The standard InChI is InChI=1S/C19H24N4O4S/c24-19(21-15-4-2-1-3-5-15)14-9-12-23(13-10-14)28(25,26)18-7-6-17(27-18)16-8-11-20-22-16/h1-7,14,16,20,22H,8-13H2,(H,21,24). The first-order valence-corrected chi connectivity index (χ1v) is 10.9. The first-order valence-electron chi connectivity index (χ1n) is 9.48. The Morgan fingerprint density at radius 3 is 2.50 bits per heavy atom. The summed E-state index contributed by atoms with van der Waals surface area (Å²) in [5.41, 5.74) is 6.82. The maximum atomic E-state index is 12.9. The van der Waals surface area contributed by atoms with Gasteiger partial charge in [-0.15, -0.1) is 0 Å². The summed E-state index contributed by atoms with van der Waals surface area (Å²) in [6, 6.07) is 12.5. The number of hydrogen-bond acceptors (Lipinski definition) is 6.